The van der Waals surface area contributed by atoms with Crippen LogP contribution in [-0.4, -0.2) is 27.9 Å². The maximum Gasteiger partial charge on any atom is 0.341 e. The van der Waals surface area contributed by atoms with E-state index < -0.39 is 5.97 Å². The number of pyridine rings is 1. The first-order valence-electron chi connectivity index (χ1n) is 8.48. The van der Waals surface area contributed by atoms with Gasteiger partial charge in [0.1, 0.15) is 5.03 Å². The minimum absolute atomic E-state index is 0.217. The molecule has 0 aliphatic heterocycles. The van der Waals surface area contributed by atoms with Gasteiger partial charge in [-0.15, -0.1) is 0 Å². The fourth-order valence-electron chi connectivity index (χ4n) is 2.65. The number of hydrogen-bond donors (Lipinski definition) is 0. The average molecular weight is 380 g/mol. The van der Waals surface area contributed by atoms with Crippen molar-refractivity contribution in [2.45, 2.75) is 23.8 Å². The molecule has 3 rings (SSSR count). The molecule has 0 spiro atoms. The molecule has 0 aliphatic rings. The summed E-state index contributed by atoms with van der Waals surface area (Å²) in [6, 6.07) is 14.8. The molecular formula is C21H20N2O3S. The maximum absolute atomic E-state index is 12.5. The first kappa shape index (κ1) is 18.9. The van der Waals surface area contributed by atoms with Gasteiger partial charge in [-0.3, -0.25) is 4.79 Å². The Balaban J connectivity index is 1.71. The summed E-state index contributed by atoms with van der Waals surface area (Å²) in [6.45, 7) is 3.50. The van der Waals surface area contributed by atoms with E-state index >= 15 is 0 Å². The largest absolute Gasteiger partial charge is 0.454 e. The molecule has 2 aromatic heterocycles. The summed E-state index contributed by atoms with van der Waals surface area (Å²) < 4.78 is 7.21. The average Bonchev–Trinajstić information content (AvgIpc) is 2.94. The van der Waals surface area contributed by atoms with E-state index in [2.05, 4.69) is 4.98 Å². The minimum atomic E-state index is -0.555. The van der Waals surface area contributed by atoms with Crippen LogP contribution in [0.4, 0.5) is 0 Å². The summed E-state index contributed by atoms with van der Waals surface area (Å²) in [5.41, 5.74) is 2.76. The molecule has 0 radical (unpaired) electrons. The lowest BCUT2D eigenvalue weighted by Crippen LogP contribution is -2.15. The van der Waals surface area contributed by atoms with Gasteiger partial charge < -0.3 is 9.30 Å². The second-order valence-electron chi connectivity index (χ2n) is 6.11. The van der Waals surface area contributed by atoms with Crippen LogP contribution in [0, 0.1) is 13.8 Å². The van der Waals surface area contributed by atoms with E-state index in [4.69, 9.17) is 4.74 Å². The van der Waals surface area contributed by atoms with Crippen molar-refractivity contribution in [2.24, 2.45) is 7.05 Å². The third-order valence-corrected chi connectivity index (χ3v) is 5.39. The number of carbonyl (C=O) groups excluding carboxylic acids is 2. The molecular weight excluding hydrogens is 360 g/mol. The minimum Gasteiger partial charge on any atom is -0.454 e. The van der Waals surface area contributed by atoms with Crippen LogP contribution in [0.15, 0.2) is 64.6 Å². The van der Waals surface area contributed by atoms with Gasteiger partial charge in [-0.2, -0.15) is 0 Å². The summed E-state index contributed by atoms with van der Waals surface area (Å²) in [5, 5.41) is 0.549. The Bertz CT molecular complexity index is 980. The smallest absolute Gasteiger partial charge is 0.341 e. The Kier molecular flexibility index (Phi) is 5.76. The van der Waals surface area contributed by atoms with Crippen molar-refractivity contribution >= 4 is 23.5 Å². The third kappa shape index (κ3) is 4.28. The van der Waals surface area contributed by atoms with E-state index in [-0.39, 0.29) is 12.4 Å². The number of ether oxygens (including phenoxy) is 1. The normalized spacial score (nSPS) is 10.6. The molecule has 1 aromatic carbocycles. The van der Waals surface area contributed by atoms with Gasteiger partial charge in [0.15, 0.2) is 6.61 Å². The third-order valence-electron chi connectivity index (χ3n) is 4.36. The van der Waals surface area contributed by atoms with Crippen LogP contribution >= 0.6 is 11.8 Å². The van der Waals surface area contributed by atoms with Crippen LogP contribution < -0.4 is 0 Å². The van der Waals surface area contributed by atoms with Crippen molar-refractivity contribution in [1.82, 2.24) is 9.55 Å². The van der Waals surface area contributed by atoms with Gasteiger partial charge in [-0.25, -0.2) is 9.78 Å². The van der Waals surface area contributed by atoms with Gasteiger partial charge in [-0.05, 0) is 44.2 Å². The van der Waals surface area contributed by atoms with Crippen LogP contribution in [0.5, 0.6) is 0 Å². The molecule has 0 aliphatic carbocycles. The number of rotatable bonds is 6. The zero-order valence-electron chi connectivity index (χ0n) is 15.4. The Labute approximate surface area is 162 Å². The van der Waals surface area contributed by atoms with E-state index in [1.165, 1.54) is 11.8 Å². The molecule has 5 nitrogen and oxygen atoms in total. The van der Waals surface area contributed by atoms with Crippen molar-refractivity contribution < 1.29 is 14.3 Å². The van der Waals surface area contributed by atoms with Crippen molar-refractivity contribution in [1.29, 1.82) is 0 Å². The monoisotopic (exact) mass is 380 g/mol. The molecule has 0 N–H and O–H groups in total. The highest BCUT2D eigenvalue weighted by Gasteiger charge is 2.19. The number of carbonyl (C=O) groups is 2. The highest BCUT2D eigenvalue weighted by atomic mass is 32.2. The van der Waals surface area contributed by atoms with E-state index in [0.29, 0.717) is 16.2 Å². The zero-order chi connectivity index (χ0) is 19.4. The quantitative estimate of drug-likeness (QED) is 0.473. The summed E-state index contributed by atoms with van der Waals surface area (Å²) in [7, 11) is 1.90. The van der Waals surface area contributed by atoms with Crippen molar-refractivity contribution in [3.05, 3.63) is 77.2 Å². The first-order valence-corrected chi connectivity index (χ1v) is 9.30. The van der Waals surface area contributed by atoms with E-state index in [1.807, 2.05) is 61.9 Å². The number of aryl methyl sites for hydroxylation is 1. The molecule has 3 aromatic rings. The van der Waals surface area contributed by atoms with Gasteiger partial charge in [0.25, 0.3) is 0 Å². The van der Waals surface area contributed by atoms with Crippen molar-refractivity contribution in [2.75, 3.05) is 6.61 Å². The lowest BCUT2D eigenvalue weighted by molar-refractivity contribution is 0.0470. The number of benzene rings is 1. The van der Waals surface area contributed by atoms with E-state index in [0.717, 1.165) is 16.3 Å². The summed E-state index contributed by atoms with van der Waals surface area (Å²) in [6.07, 6.45) is 1.63. The Hall–Kier alpha value is -2.86. The van der Waals surface area contributed by atoms with Crippen LogP contribution in [-0.2, 0) is 11.8 Å². The molecule has 138 valence electrons. The Morgan fingerprint density at radius 2 is 1.81 bits per heavy atom. The molecule has 6 heteroatoms. The zero-order valence-corrected chi connectivity index (χ0v) is 16.2. The number of aromatic nitrogens is 2. The number of ketones is 1. The predicted molar refractivity (Wildman–Crippen MR) is 104 cm³/mol. The van der Waals surface area contributed by atoms with Crippen molar-refractivity contribution in [3.8, 4) is 0 Å². The van der Waals surface area contributed by atoms with Gasteiger partial charge in [-0.1, -0.05) is 30.0 Å². The SMILES string of the molecule is Cc1cc(C(=O)COC(=O)c2cccnc2Sc2ccccc2)c(C)n1C. The molecule has 0 saturated carbocycles. The summed E-state index contributed by atoms with van der Waals surface area (Å²) >= 11 is 1.38. The maximum atomic E-state index is 12.5. The fraction of sp³-hybridized carbons (Fsp3) is 0.190. The van der Waals surface area contributed by atoms with Crippen LogP contribution in [0.1, 0.15) is 32.1 Å². The van der Waals surface area contributed by atoms with Crippen LogP contribution in [0.3, 0.4) is 0 Å². The second-order valence-corrected chi connectivity index (χ2v) is 7.18. The lowest BCUT2D eigenvalue weighted by Gasteiger charge is -2.08. The first-order chi connectivity index (χ1) is 13.0. The molecule has 0 saturated heterocycles. The summed E-state index contributed by atoms with van der Waals surface area (Å²) in [4.78, 5) is 30.2. The standard InChI is InChI=1S/C21H20N2O3S/c1-14-12-18(15(2)23(14)3)19(24)13-26-21(25)17-10-7-11-22-20(17)27-16-8-5-4-6-9-16/h4-12H,13H2,1-3H3. The molecule has 27 heavy (non-hydrogen) atoms. The topological polar surface area (TPSA) is 61.2 Å². The molecule has 0 fully saturated rings. The number of hydrogen-bond acceptors (Lipinski definition) is 5. The molecule has 2 heterocycles. The Morgan fingerprint density at radius 3 is 2.48 bits per heavy atom. The highest BCUT2D eigenvalue weighted by Crippen LogP contribution is 2.28. The molecule has 0 amide bonds. The number of nitrogens with zero attached hydrogens (tertiary/aromatic N) is 2. The summed E-state index contributed by atoms with van der Waals surface area (Å²) in [5.74, 6) is -0.772. The molecule has 0 bridgehead atoms. The van der Waals surface area contributed by atoms with Gasteiger partial charge >= 0.3 is 5.97 Å². The number of Topliss-reactive ketones (excluding diaryl/α,β-unsaturated/α-hetero) is 1. The van der Waals surface area contributed by atoms with Gasteiger partial charge in [0.05, 0.1) is 5.56 Å². The molecule has 0 atom stereocenters. The number of esters is 1. The molecule has 0 unspecified atom stereocenters. The lowest BCUT2D eigenvalue weighted by atomic mass is 10.1. The highest BCUT2D eigenvalue weighted by molar-refractivity contribution is 7.99. The van der Waals surface area contributed by atoms with Gasteiger partial charge in [0, 0.05) is 35.1 Å². The fourth-order valence-corrected chi connectivity index (χ4v) is 3.54. The van der Waals surface area contributed by atoms with E-state index in [9.17, 15) is 9.59 Å². The predicted octanol–water partition coefficient (Wildman–Crippen LogP) is 4.23. The van der Waals surface area contributed by atoms with Gasteiger partial charge in [0.2, 0.25) is 5.78 Å². The van der Waals surface area contributed by atoms with E-state index in [1.54, 1.807) is 18.3 Å². The second kappa shape index (κ2) is 8.22. The van der Waals surface area contributed by atoms with Crippen molar-refractivity contribution in [3.63, 3.8) is 0 Å². The van der Waals surface area contributed by atoms with Crippen LogP contribution in [0.25, 0.3) is 0 Å². The Morgan fingerprint density at radius 1 is 1.07 bits per heavy atom. The van der Waals surface area contributed by atoms with Crippen LogP contribution in [0.2, 0.25) is 0 Å².